The molecule has 0 spiro atoms. The summed E-state index contributed by atoms with van der Waals surface area (Å²) in [6.45, 7) is 6.15. The van der Waals surface area contributed by atoms with Crippen LogP contribution < -0.4 is 10.2 Å². The van der Waals surface area contributed by atoms with Gasteiger partial charge < -0.3 is 19.9 Å². The molecule has 0 aromatic heterocycles. The van der Waals surface area contributed by atoms with Crippen molar-refractivity contribution < 1.29 is 19.1 Å². The summed E-state index contributed by atoms with van der Waals surface area (Å²) in [6, 6.07) is 6.50. The second-order valence-electron chi connectivity index (χ2n) is 7.63. The lowest BCUT2D eigenvalue weighted by Crippen LogP contribution is -2.52. The summed E-state index contributed by atoms with van der Waals surface area (Å²) < 4.78 is 5.04. The minimum absolute atomic E-state index is 0.0273. The molecule has 1 aliphatic rings. The Balaban J connectivity index is 2.03. The van der Waals surface area contributed by atoms with Crippen molar-refractivity contribution in [2.75, 3.05) is 44.9 Å². The summed E-state index contributed by atoms with van der Waals surface area (Å²) >= 11 is 5.89. The standard InChI is InChI=1S/C19H27ClN4O4/c1-19(2,3)21-18(27)22(9-10-28-4)11-16(25)23-12-17(26)24(13-23)15-7-5-14(20)6-8-15/h5-8H,9-13H2,1-4H3,(H,21,27). The van der Waals surface area contributed by atoms with Crippen molar-refractivity contribution in [1.82, 2.24) is 15.1 Å². The normalized spacial score (nSPS) is 14.4. The van der Waals surface area contributed by atoms with E-state index in [0.29, 0.717) is 17.3 Å². The number of nitrogens with zero attached hydrogens (tertiary/aromatic N) is 3. The van der Waals surface area contributed by atoms with Gasteiger partial charge >= 0.3 is 6.03 Å². The molecule has 0 atom stereocenters. The van der Waals surface area contributed by atoms with E-state index < -0.39 is 5.54 Å². The number of carbonyl (C=O) groups excluding carboxylic acids is 3. The summed E-state index contributed by atoms with van der Waals surface area (Å²) in [5, 5.41) is 3.41. The van der Waals surface area contributed by atoms with Gasteiger partial charge in [0.05, 0.1) is 6.61 Å². The smallest absolute Gasteiger partial charge is 0.318 e. The van der Waals surface area contributed by atoms with Gasteiger partial charge in [0.25, 0.3) is 0 Å². The Labute approximate surface area is 170 Å². The van der Waals surface area contributed by atoms with Gasteiger partial charge in [0.1, 0.15) is 19.8 Å². The predicted octanol–water partition coefficient (Wildman–Crippen LogP) is 1.93. The maximum absolute atomic E-state index is 12.7. The number of carbonyl (C=O) groups is 3. The molecule has 2 rings (SSSR count). The van der Waals surface area contributed by atoms with E-state index in [0.717, 1.165) is 0 Å². The summed E-state index contributed by atoms with van der Waals surface area (Å²) in [6.07, 6.45) is 0. The van der Waals surface area contributed by atoms with Crippen LogP contribution in [0.3, 0.4) is 0 Å². The largest absolute Gasteiger partial charge is 0.383 e. The van der Waals surface area contributed by atoms with Crippen molar-refractivity contribution in [2.24, 2.45) is 0 Å². The Morgan fingerprint density at radius 1 is 1.25 bits per heavy atom. The van der Waals surface area contributed by atoms with E-state index in [2.05, 4.69) is 5.32 Å². The van der Waals surface area contributed by atoms with E-state index in [1.807, 2.05) is 20.8 Å². The molecule has 1 fully saturated rings. The third-order valence-electron chi connectivity index (χ3n) is 4.09. The fourth-order valence-corrected chi connectivity index (χ4v) is 2.80. The van der Waals surface area contributed by atoms with E-state index in [1.54, 1.807) is 24.3 Å². The summed E-state index contributed by atoms with van der Waals surface area (Å²) in [5.41, 5.74) is 0.242. The molecular weight excluding hydrogens is 384 g/mol. The zero-order valence-electron chi connectivity index (χ0n) is 16.7. The first kappa shape index (κ1) is 22.0. The Bertz CT molecular complexity index is 718. The Hall–Kier alpha value is -2.32. The third-order valence-corrected chi connectivity index (χ3v) is 4.34. The predicted molar refractivity (Wildman–Crippen MR) is 107 cm³/mol. The first-order chi connectivity index (χ1) is 13.1. The molecule has 1 aliphatic heterocycles. The van der Waals surface area contributed by atoms with Crippen LogP contribution in [0.1, 0.15) is 20.8 Å². The van der Waals surface area contributed by atoms with Crippen LogP contribution in [0.5, 0.6) is 0 Å². The quantitative estimate of drug-likeness (QED) is 0.776. The van der Waals surface area contributed by atoms with Crippen molar-refractivity contribution >= 4 is 35.1 Å². The van der Waals surface area contributed by atoms with Crippen LogP contribution in [0.2, 0.25) is 5.02 Å². The molecule has 1 aromatic rings. The number of benzene rings is 1. The topological polar surface area (TPSA) is 82.2 Å². The van der Waals surface area contributed by atoms with Crippen LogP contribution in [0.4, 0.5) is 10.5 Å². The monoisotopic (exact) mass is 410 g/mol. The third kappa shape index (κ3) is 6.10. The number of hydrogen-bond donors (Lipinski definition) is 1. The Morgan fingerprint density at radius 3 is 2.46 bits per heavy atom. The molecule has 1 N–H and O–H groups in total. The molecule has 0 saturated carbocycles. The molecule has 0 unspecified atom stereocenters. The molecule has 1 aromatic carbocycles. The Morgan fingerprint density at radius 2 is 1.89 bits per heavy atom. The van der Waals surface area contributed by atoms with Gasteiger partial charge in [-0.25, -0.2) is 4.79 Å². The second kappa shape index (κ2) is 9.25. The number of rotatable bonds is 6. The molecule has 28 heavy (non-hydrogen) atoms. The molecule has 0 radical (unpaired) electrons. The molecule has 154 valence electrons. The van der Waals surface area contributed by atoms with E-state index in [1.165, 1.54) is 21.8 Å². The summed E-state index contributed by atoms with van der Waals surface area (Å²) in [5.74, 6) is -0.483. The van der Waals surface area contributed by atoms with Gasteiger partial charge in [-0.15, -0.1) is 0 Å². The van der Waals surface area contributed by atoms with Gasteiger partial charge in [0.2, 0.25) is 11.8 Å². The first-order valence-electron chi connectivity index (χ1n) is 9.00. The van der Waals surface area contributed by atoms with Crippen LogP contribution in [0.15, 0.2) is 24.3 Å². The SMILES string of the molecule is COCCN(CC(=O)N1CC(=O)N(c2ccc(Cl)cc2)C1)C(=O)NC(C)(C)C. The number of halogens is 1. The zero-order chi connectivity index (χ0) is 20.9. The molecule has 1 heterocycles. The maximum Gasteiger partial charge on any atom is 0.318 e. The van der Waals surface area contributed by atoms with Gasteiger partial charge in [0.15, 0.2) is 0 Å². The van der Waals surface area contributed by atoms with Crippen molar-refractivity contribution in [3.05, 3.63) is 29.3 Å². The van der Waals surface area contributed by atoms with Crippen LogP contribution in [0, 0.1) is 0 Å². The lowest BCUT2D eigenvalue weighted by Gasteiger charge is -2.29. The summed E-state index contributed by atoms with van der Waals surface area (Å²) in [4.78, 5) is 41.9. The lowest BCUT2D eigenvalue weighted by atomic mass is 10.1. The molecular formula is C19H27ClN4O4. The molecule has 4 amide bonds. The van der Waals surface area contributed by atoms with Crippen molar-refractivity contribution in [1.29, 1.82) is 0 Å². The fourth-order valence-electron chi connectivity index (χ4n) is 2.68. The van der Waals surface area contributed by atoms with E-state index in [4.69, 9.17) is 16.3 Å². The average molecular weight is 411 g/mol. The van der Waals surface area contributed by atoms with Gasteiger partial charge in [-0.2, -0.15) is 0 Å². The number of hydrogen-bond acceptors (Lipinski definition) is 4. The minimum atomic E-state index is -0.430. The van der Waals surface area contributed by atoms with Crippen molar-refractivity contribution in [3.63, 3.8) is 0 Å². The number of anilines is 1. The van der Waals surface area contributed by atoms with E-state index in [9.17, 15) is 14.4 Å². The van der Waals surface area contributed by atoms with E-state index in [-0.39, 0.29) is 44.1 Å². The molecule has 0 bridgehead atoms. The number of methoxy groups -OCH3 is 1. The Kier molecular flexibility index (Phi) is 7.26. The average Bonchev–Trinajstić information content (AvgIpc) is 2.99. The van der Waals surface area contributed by atoms with E-state index >= 15 is 0 Å². The fraction of sp³-hybridized carbons (Fsp3) is 0.526. The van der Waals surface area contributed by atoms with Gasteiger partial charge in [-0.3, -0.25) is 14.5 Å². The van der Waals surface area contributed by atoms with Crippen molar-refractivity contribution in [3.8, 4) is 0 Å². The maximum atomic E-state index is 12.7. The number of amides is 4. The molecule has 1 saturated heterocycles. The highest BCUT2D eigenvalue weighted by molar-refractivity contribution is 6.30. The number of ether oxygens (including phenoxy) is 1. The van der Waals surface area contributed by atoms with Gasteiger partial charge in [-0.05, 0) is 45.0 Å². The van der Waals surface area contributed by atoms with Gasteiger partial charge in [0, 0.05) is 29.9 Å². The van der Waals surface area contributed by atoms with Gasteiger partial charge in [-0.1, -0.05) is 11.6 Å². The number of nitrogens with one attached hydrogen (secondary N) is 1. The van der Waals surface area contributed by atoms with Crippen molar-refractivity contribution in [2.45, 2.75) is 26.3 Å². The molecule has 0 aliphatic carbocycles. The lowest BCUT2D eigenvalue weighted by molar-refractivity contribution is -0.132. The molecule has 8 nitrogen and oxygen atoms in total. The minimum Gasteiger partial charge on any atom is -0.383 e. The second-order valence-corrected chi connectivity index (χ2v) is 8.06. The zero-order valence-corrected chi connectivity index (χ0v) is 17.5. The van der Waals surface area contributed by atoms with Crippen LogP contribution in [-0.2, 0) is 14.3 Å². The van der Waals surface area contributed by atoms with Crippen LogP contribution in [-0.4, -0.2) is 73.2 Å². The summed E-state index contributed by atoms with van der Waals surface area (Å²) in [7, 11) is 1.53. The van der Waals surface area contributed by atoms with Crippen LogP contribution >= 0.6 is 11.6 Å². The van der Waals surface area contributed by atoms with Crippen LogP contribution in [0.25, 0.3) is 0 Å². The number of urea groups is 1. The highest BCUT2D eigenvalue weighted by Gasteiger charge is 2.33. The molecule has 9 heteroatoms. The highest BCUT2D eigenvalue weighted by Crippen LogP contribution is 2.21. The first-order valence-corrected chi connectivity index (χ1v) is 9.38. The highest BCUT2D eigenvalue weighted by atomic mass is 35.5.